The summed E-state index contributed by atoms with van der Waals surface area (Å²) < 4.78 is 6.02. The standard InChI is InChI=1S/C11H10BrN3O2/c12-10-8(5-13-15-10)14-11(16)7-3-4-17-9(7)6-1-2-6/h3-6H,1-2H2,(H,13,15)(H,14,16). The number of nitrogens with zero attached hydrogens (tertiary/aromatic N) is 1. The van der Waals surface area contributed by atoms with Gasteiger partial charge in [0.25, 0.3) is 5.91 Å². The summed E-state index contributed by atoms with van der Waals surface area (Å²) in [5.41, 5.74) is 1.23. The second-order valence-corrected chi connectivity index (χ2v) is 4.82. The molecule has 2 aromatic heterocycles. The van der Waals surface area contributed by atoms with Gasteiger partial charge in [0, 0.05) is 5.92 Å². The van der Waals surface area contributed by atoms with E-state index in [0.29, 0.717) is 21.8 Å². The molecule has 1 amide bonds. The maximum Gasteiger partial charge on any atom is 0.259 e. The second-order valence-electron chi connectivity index (χ2n) is 4.02. The average Bonchev–Trinajstić information content (AvgIpc) is 2.90. The highest BCUT2D eigenvalue weighted by molar-refractivity contribution is 9.10. The maximum absolute atomic E-state index is 12.0. The first-order valence-electron chi connectivity index (χ1n) is 5.33. The number of halogens is 1. The van der Waals surface area contributed by atoms with E-state index in [1.807, 2.05) is 0 Å². The number of anilines is 1. The second kappa shape index (κ2) is 4.03. The monoisotopic (exact) mass is 295 g/mol. The van der Waals surface area contributed by atoms with Crippen LogP contribution in [0.2, 0.25) is 0 Å². The predicted octanol–water partition coefficient (Wildman–Crippen LogP) is 2.89. The Labute approximate surface area is 106 Å². The summed E-state index contributed by atoms with van der Waals surface area (Å²) in [6, 6.07) is 1.71. The normalized spacial score (nSPS) is 14.9. The minimum atomic E-state index is -0.164. The van der Waals surface area contributed by atoms with Crippen molar-refractivity contribution in [2.24, 2.45) is 0 Å². The number of hydrogen-bond donors (Lipinski definition) is 2. The van der Waals surface area contributed by atoms with Gasteiger partial charge in [0.15, 0.2) is 0 Å². The fraction of sp³-hybridized carbons (Fsp3) is 0.273. The van der Waals surface area contributed by atoms with Crippen LogP contribution in [0.15, 0.2) is 27.5 Å². The van der Waals surface area contributed by atoms with E-state index in [2.05, 4.69) is 31.4 Å². The van der Waals surface area contributed by atoms with E-state index in [1.54, 1.807) is 18.5 Å². The molecule has 0 unspecified atom stereocenters. The molecule has 0 aliphatic heterocycles. The van der Waals surface area contributed by atoms with Crippen LogP contribution < -0.4 is 5.32 Å². The lowest BCUT2D eigenvalue weighted by Crippen LogP contribution is -2.12. The highest BCUT2D eigenvalue weighted by atomic mass is 79.9. The molecule has 0 saturated heterocycles. The molecule has 6 heteroatoms. The fourth-order valence-corrected chi connectivity index (χ4v) is 2.02. The first-order valence-corrected chi connectivity index (χ1v) is 6.12. The Balaban J connectivity index is 1.82. The van der Waals surface area contributed by atoms with Gasteiger partial charge in [-0.25, -0.2) is 0 Å². The van der Waals surface area contributed by atoms with Crippen LogP contribution in [0.1, 0.15) is 34.9 Å². The van der Waals surface area contributed by atoms with E-state index < -0.39 is 0 Å². The maximum atomic E-state index is 12.0. The molecule has 2 N–H and O–H groups in total. The largest absolute Gasteiger partial charge is 0.468 e. The molecule has 1 saturated carbocycles. The Morgan fingerprint density at radius 2 is 2.41 bits per heavy atom. The van der Waals surface area contributed by atoms with E-state index in [1.165, 1.54) is 0 Å². The number of furan rings is 1. The molecule has 1 aliphatic carbocycles. The van der Waals surface area contributed by atoms with Gasteiger partial charge in [-0.1, -0.05) is 0 Å². The van der Waals surface area contributed by atoms with Crippen molar-refractivity contribution >= 4 is 27.5 Å². The SMILES string of the molecule is O=C(Nc1cn[nH]c1Br)c1ccoc1C1CC1. The number of hydrogen-bond acceptors (Lipinski definition) is 3. The van der Waals surface area contributed by atoms with Gasteiger partial charge in [0.1, 0.15) is 10.4 Å². The zero-order chi connectivity index (χ0) is 11.8. The number of aromatic amines is 1. The van der Waals surface area contributed by atoms with Gasteiger partial charge in [-0.2, -0.15) is 5.10 Å². The molecule has 2 heterocycles. The fourth-order valence-electron chi connectivity index (χ4n) is 1.72. The molecule has 1 aliphatic rings. The topological polar surface area (TPSA) is 70.9 Å². The molecule has 0 atom stereocenters. The molecular formula is C11H10BrN3O2. The lowest BCUT2D eigenvalue weighted by Gasteiger charge is -2.02. The Kier molecular flexibility index (Phi) is 2.51. The lowest BCUT2D eigenvalue weighted by molar-refractivity contribution is 0.102. The highest BCUT2D eigenvalue weighted by Gasteiger charge is 2.31. The van der Waals surface area contributed by atoms with Crippen molar-refractivity contribution in [3.63, 3.8) is 0 Å². The van der Waals surface area contributed by atoms with Crippen LogP contribution >= 0.6 is 15.9 Å². The van der Waals surface area contributed by atoms with Crippen molar-refractivity contribution in [2.75, 3.05) is 5.32 Å². The van der Waals surface area contributed by atoms with Crippen LogP contribution in [0.4, 0.5) is 5.69 Å². The first-order chi connectivity index (χ1) is 8.25. The molecule has 2 aromatic rings. The van der Waals surface area contributed by atoms with E-state index in [4.69, 9.17) is 4.42 Å². The minimum Gasteiger partial charge on any atom is -0.468 e. The van der Waals surface area contributed by atoms with Crippen molar-refractivity contribution in [1.82, 2.24) is 10.2 Å². The van der Waals surface area contributed by atoms with Crippen LogP contribution in [-0.2, 0) is 0 Å². The van der Waals surface area contributed by atoms with Crippen molar-refractivity contribution in [3.05, 3.63) is 34.5 Å². The number of rotatable bonds is 3. The Bertz CT molecular complexity index is 557. The summed E-state index contributed by atoms with van der Waals surface area (Å²) in [6.07, 6.45) is 5.32. The Morgan fingerprint density at radius 1 is 1.59 bits per heavy atom. The third-order valence-corrected chi connectivity index (χ3v) is 3.33. The van der Waals surface area contributed by atoms with Gasteiger partial charge in [-0.15, -0.1) is 0 Å². The summed E-state index contributed by atoms with van der Waals surface area (Å²) in [5.74, 6) is 1.04. The summed E-state index contributed by atoms with van der Waals surface area (Å²) in [5, 5.41) is 9.29. The molecule has 0 aromatic carbocycles. The van der Waals surface area contributed by atoms with Gasteiger partial charge in [-0.3, -0.25) is 9.89 Å². The zero-order valence-corrected chi connectivity index (χ0v) is 10.5. The van der Waals surface area contributed by atoms with Crippen molar-refractivity contribution in [3.8, 4) is 0 Å². The molecule has 88 valence electrons. The van der Waals surface area contributed by atoms with Crippen LogP contribution in [0, 0.1) is 0 Å². The van der Waals surface area contributed by atoms with E-state index in [0.717, 1.165) is 18.6 Å². The quantitative estimate of drug-likeness (QED) is 0.914. The molecule has 3 rings (SSSR count). The molecule has 0 spiro atoms. The first kappa shape index (κ1) is 10.6. The number of H-pyrrole nitrogens is 1. The summed E-state index contributed by atoms with van der Waals surface area (Å²) >= 11 is 3.26. The summed E-state index contributed by atoms with van der Waals surface area (Å²) in [7, 11) is 0. The highest BCUT2D eigenvalue weighted by Crippen LogP contribution is 2.42. The van der Waals surface area contributed by atoms with Crippen LogP contribution in [0.25, 0.3) is 0 Å². The molecule has 0 radical (unpaired) electrons. The molecule has 17 heavy (non-hydrogen) atoms. The average molecular weight is 296 g/mol. The van der Waals surface area contributed by atoms with Gasteiger partial charge < -0.3 is 9.73 Å². The van der Waals surface area contributed by atoms with Gasteiger partial charge in [0.2, 0.25) is 0 Å². The molecule has 5 nitrogen and oxygen atoms in total. The van der Waals surface area contributed by atoms with Crippen LogP contribution in [-0.4, -0.2) is 16.1 Å². The Morgan fingerprint density at radius 3 is 3.06 bits per heavy atom. The zero-order valence-electron chi connectivity index (χ0n) is 8.87. The van der Waals surface area contributed by atoms with Gasteiger partial charge >= 0.3 is 0 Å². The lowest BCUT2D eigenvalue weighted by atomic mass is 10.2. The van der Waals surface area contributed by atoms with Crippen LogP contribution in [0.3, 0.4) is 0 Å². The number of aromatic nitrogens is 2. The summed E-state index contributed by atoms with van der Waals surface area (Å²) in [4.78, 5) is 12.0. The third-order valence-electron chi connectivity index (χ3n) is 2.73. The van der Waals surface area contributed by atoms with E-state index in [9.17, 15) is 4.79 Å². The molecule has 0 bridgehead atoms. The van der Waals surface area contributed by atoms with E-state index >= 15 is 0 Å². The summed E-state index contributed by atoms with van der Waals surface area (Å²) in [6.45, 7) is 0. The Hall–Kier alpha value is -1.56. The molecule has 1 fully saturated rings. The number of nitrogens with one attached hydrogen (secondary N) is 2. The third kappa shape index (κ3) is 2.00. The van der Waals surface area contributed by atoms with Crippen molar-refractivity contribution < 1.29 is 9.21 Å². The van der Waals surface area contributed by atoms with Gasteiger partial charge in [0.05, 0.1) is 23.7 Å². The number of amides is 1. The molecular weight excluding hydrogens is 286 g/mol. The number of carbonyl (C=O) groups is 1. The van der Waals surface area contributed by atoms with Crippen molar-refractivity contribution in [1.29, 1.82) is 0 Å². The van der Waals surface area contributed by atoms with Gasteiger partial charge in [-0.05, 0) is 34.8 Å². The van der Waals surface area contributed by atoms with Crippen LogP contribution in [0.5, 0.6) is 0 Å². The minimum absolute atomic E-state index is 0.164. The van der Waals surface area contributed by atoms with Crippen molar-refractivity contribution in [2.45, 2.75) is 18.8 Å². The van der Waals surface area contributed by atoms with E-state index in [-0.39, 0.29) is 5.91 Å². The number of carbonyl (C=O) groups excluding carboxylic acids is 1. The predicted molar refractivity (Wildman–Crippen MR) is 64.9 cm³/mol. The smallest absolute Gasteiger partial charge is 0.259 e.